The molecule has 16 heavy (non-hydrogen) atoms. The second kappa shape index (κ2) is 3.44. The number of hydrogen-bond donors (Lipinski definition) is 1. The molecule has 7 heteroatoms. The van der Waals surface area contributed by atoms with Crippen LogP contribution in [0.2, 0.25) is 0 Å². The molecule has 1 N–H and O–H groups in total. The minimum atomic E-state index is -1.43. The summed E-state index contributed by atoms with van der Waals surface area (Å²) in [6.45, 7) is 1.72. The fraction of sp³-hybridized carbons (Fsp3) is 0.667. The summed E-state index contributed by atoms with van der Waals surface area (Å²) in [7, 11) is 0. The van der Waals surface area contributed by atoms with Crippen molar-refractivity contribution in [3.8, 4) is 0 Å². The van der Waals surface area contributed by atoms with Crippen molar-refractivity contribution in [2.24, 2.45) is 0 Å². The van der Waals surface area contributed by atoms with E-state index in [1.807, 2.05) is 0 Å². The molecule has 0 spiro atoms. The molecule has 1 saturated carbocycles. The van der Waals surface area contributed by atoms with Gasteiger partial charge in [-0.2, -0.15) is 0 Å². The Hall–Kier alpha value is -1.63. The van der Waals surface area contributed by atoms with Gasteiger partial charge >= 0.3 is 6.16 Å². The summed E-state index contributed by atoms with van der Waals surface area (Å²) in [6, 6.07) is 0. The van der Waals surface area contributed by atoms with Gasteiger partial charge in [0, 0.05) is 0 Å². The molecule has 2 rings (SSSR count). The van der Waals surface area contributed by atoms with Crippen LogP contribution in [-0.2, 0) is 19.2 Å². The van der Waals surface area contributed by atoms with E-state index in [4.69, 9.17) is 9.84 Å². The fourth-order valence-corrected chi connectivity index (χ4v) is 1.26. The Morgan fingerprint density at radius 3 is 2.56 bits per heavy atom. The highest BCUT2D eigenvalue weighted by molar-refractivity contribution is 6.04. The first-order valence-corrected chi connectivity index (χ1v) is 4.87. The monoisotopic (exact) mass is 229 g/mol. The Bertz CT molecular complexity index is 361. The van der Waals surface area contributed by atoms with Gasteiger partial charge in [-0.25, -0.2) is 4.79 Å². The smallest absolute Gasteiger partial charge is 0.426 e. The number of aliphatic hydroxyl groups is 1. The quantitative estimate of drug-likeness (QED) is 0.517. The minimum absolute atomic E-state index is 0.249. The highest BCUT2D eigenvalue weighted by Crippen LogP contribution is 2.39. The molecular formula is C9H11NO6. The van der Waals surface area contributed by atoms with E-state index in [0.717, 1.165) is 12.8 Å². The summed E-state index contributed by atoms with van der Waals surface area (Å²) in [5.74, 6) is -1.70. The molecule has 7 nitrogen and oxygen atoms in total. The maximum absolute atomic E-state index is 11.2. The number of ether oxygens (including phenoxy) is 1. The third kappa shape index (κ3) is 1.99. The Morgan fingerprint density at radius 1 is 1.50 bits per heavy atom. The van der Waals surface area contributed by atoms with Crippen molar-refractivity contribution in [1.82, 2.24) is 5.06 Å². The summed E-state index contributed by atoms with van der Waals surface area (Å²) in [5.41, 5.74) is -0.540. The van der Waals surface area contributed by atoms with E-state index in [0.29, 0.717) is 0 Å². The van der Waals surface area contributed by atoms with Crippen LogP contribution >= 0.6 is 0 Å². The molecule has 0 bridgehead atoms. The molecule has 1 aliphatic heterocycles. The van der Waals surface area contributed by atoms with Gasteiger partial charge in [-0.1, -0.05) is 5.06 Å². The van der Waals surface area contributed by atoms with Crippen molar-refractivity contribution >= 4 is 18.0 Å². The Kier molecular flexibility index (Phi) is 2.34. The summed E-state index contributed by atoms with van der Waals surface area (Å²) in [4.78, 5) is 37.9. The van der Waals surface area contributed by atoms with E-state index in [9.17, 15) is 14.4 Å². The average Bonchev–Trinajstić information content (AvgIpc) is 2.85. The van der Waals surface area contributed by atoms with E-state index >= 15 is 0 Å². The number of carbonyl (C=O) groups is 3. The normalized spacial score (nSPS) is 26.9. The molecule has 1 saturated heterocycles. The number of aliphatic hydroxyl groups excluding tert-OH is 1. The van der Waals surface area contributed by atoms with E-state index in [2.05, 4.69) is 4.84 Å². The maximum Gasteiger partial charge on any atom is 0.534 e. The van der Waals surface area contributed by atoms with Crippen LogP contribution < -0.4 is 0 Å². The summed E-state index contributed by atoms with van der Waals surface area (Å²) in [5, 5.41) is 9.30. The van der Waals surface area contributed by atoms with Gasteiger partial charge in [0.2, 0.25) is 0 Å². The van der Waals surface area contributed by atoms with Gasteiger partial charge in [-0.05, 0) is 19.8 Å². The van der Waals surface area contributed by atoms with Crippen molar-refractivity contribution in [1.29, 1.82) is 0 Å². The third-order valence-corrected chi connectivity index (χ3v) is 2.53. The fourth-order valence-electron chi connectivity index (χ4n) is 1.26. The molecule has 0 aromatic heterocycles. The van der Waals surface area contributed by atoms with Crippen LogP contribution in [0.15, 0.2) is 0 Å². The number of amides is 2. The predicted octanol–water partition coefficient (Wildman–Crippen LogP) is -0.273. The van der Waals surface area contributed by atoms with Crippen molar-refractivity contribution in [3.63, 3.8) is 0 Å². The SMILES string of the molecule is CC1(OC(=O)ON2C(=O)CC(O)C2=O)CC1. The number of nitrogens with zero attached hydrogens (tertiary/aromatic N) is 1. The van der Waals surface area contributed by atoms with E-state index in [1.54, 1.807) is 6.92 Å². The third-order valence-electron chi connectivity index (χ3n) is 2.53. The van der Waals surface area contributed by atoms with Crippen LogP contribution in [0.4, 0.5) is 4.79 Å². The van der Waals surface area contributed by atoms with Crippen molar-refractivity contribution < 1.29 is 29.1 Å². The van der Waals surface area contributed by atoms with Gasteiger partial charge in [0.15, 0.2) is 0 Å². The van der Waals surface area contributed by atoms with Crippen molar-refractivity contribution in [2.45, 2.75) is 37.9 Å². The second-order valence-electron chi connectivity index (χ2n) is 4.14. The van der Waals surface area contributed by atoms with Crippen LogP contribution in [-0.4, -0.2) is 39.8 Å². The predicted molar refractivity (Wildman–Crippen MR) is 47.7 cm³/mol. The highest BCUT2D eigenvalue weighted by atomic mass is 16.8. The Morgan fingerprint density at radius 2 is 2.12 bits per heavy atom. The van der Waals surface area contributed by atoms with Gasteiger partial charge in [0.1, 0.15) is 11.7 Å². The van der Waals surface area contributed by atoms with Crippen LogP contribution in [0, 0.1) is 0 Å². The number of hydroxylamine groups is 2. The molecular weight excluding hydrogens is 218 g/mol. The molecule has 1 unspecified atom stereocenters. The highest BCUT2D eigenvalue weighted by Gasteiger charge is 2.45. The largest absolute Gasteiger partial charge is 0.534 e. The first-order valence-electron chi connectivity index (χ1n) is 4.87. The zero-order valence-corrected chi connectivity index (χ0v) is 8.63. The molecule has 2 fully saturated rings. The van der Waals surface area contributed by atoms with Crippen LogP contribution in [0.3, 0.4) is 0 Å². The van der Waals surface area contributed by atoms with Gasteiger partial charge in [0.05, 0.1) is 6.42 Å². The van der Waals surface area contributed by atoms with Crippen LogP contribution in [0.5, 0.6) is 0 Å². The van der Waals surface area contributed by atoms with Crippen molar-refractivity contribution in [2.75, 3.05) is 0 Å². The molecule has 0 aromatic rings. The summed E-state index contributed by atoms with van der Waals surface area (Å²) < 4.78 is 4.85. The van der Waals surface area contributed by atoms with E-state index in [1.165, 1.54) is 0 Å². The number of carbonyl (C=O) groups excluding carboxylic acids is 3. The zero-order valence-electron chi connectivity index (χ0n) is 8.63. The summed E-state index contributed by atoms with van der Waals surface area (Å²) >= 11 is 0. The molecule has 1 aliphatic carbocycles. The van der Waals surface area contributed by atoms with Gasteiger partial charge < -0.3 is 9.84 Å². The zero-order chi connectivity index (χ0) is 11.9. The lowest BCUT2D eigenvalue weighted by atomic mass is 10.3. The standard InChI is InChI=1S/C9H11NO6/c1-9(2-3-9)15-8(14)16-10-6(12)4-5(11)7(10)13/h5,11H,2-4H2,1H3. The molecule has 2 amide bonds. The van der Waals surface area contributed by atoms with Crippen LogP contribution in [0.1, 0.15) is 26.2 Å². The lowest BCUT2D eigenvalue weighted by Crippen LogP contribution is -2.35. The Labute approximate surface area is 90.9 Å². The summed E-state index contributed by atoms with van der Waals surface area (Å²) in [6.07, 6.45) is -1.45. The molecule has 88 valence electrons. The maximum atomic E-state index is 11.2. The molecule has 0 aromatic carbocycles. The lowest BCUT2D eigenvalue weighted by Gasteiger charge is -2.15. The molecule has 1 atom stereocenters. The van der Waals surface area contributed by atoms with E-state index < -0.39 is 29.7 Å². The number of imide groups is 1. The average molecular weight is 229 g/mol. The Balaban J connectivity index is 1.91. The first-order chi connectivity index (χ1) is 7.41. The van der Waals surface area contributed by atoms with Crippen LogP contribution in [0.25, 0.3) is 0 Å². The number of hydrogen-bond acceptors (Lipinski definition) is 6. The minimum Gasteiger partial charge on any atom is -0.426 e. The van der Waals surface area contributed by atoms with Crippen molar-refractivity contribution in [3.05, 3.63) is 0 Å². The second-order valence-corrected chi connectivity index (χ2v) is 4.14. The van der Waals surface area contributed by atoms with E-state index in [-0.39, 0.29) is 11.5 Å². The number of rotatable bonds is 2. The molecule has 0 radical (unpaired) electrons. The van der Waals surface area contributed by atoms with Gasteiger partial charge in [-0.15, -0.1) is 0 Å². The lowest BCUT2D eigenvalue weighted by molar-refractivity contribution is -0.181. The topological polar surface area (TPSA) is 93.1 Å². The first kappa shape index (κ1) is 10.9. The van der Waals surface area contributed by atoms with Gasteiger partial charge in [-0.3, -0.25) is 14.4 Å². The molecule has 2 aliphatic rings. The van der Waals surface area contributed by atoms with Gasteiger partial charge in [0.25, 0.3) is 11.8 Å². The molecule has 1 heterocycles.